The van der Waals surface area contributed by atoms with Gasteiger partial charge in [-0.05, 0) is 36.5 Å². The van der Waals surface area contributed by atoms with E-state index in [1.165, 1.54) is 0 Å². The Kier molecular flexibility index (Phi) is 5.96. The highest BCUT2D eigenvalue weighted by Crippen LogP contribution is 2.31. The van der Waals surface area contributed by atoms with E-state index in [4.69, 9.17) is 9.47 Å². The number of hydrogen-bond donors (Lipinski definition) is 2. The van der Waals surface area contributed by atoms with Crippen LogP contribution in [0.15, 0.2) is 48.5 Å². The van der Waals surface area contributed by atoms with Gasteiger partial charge in [0.2, 0.25) is 0 Å². The molecule has 2 N–H and O–H groups in total. The summed E-state index contributed by atoms with van der Waals surface area (Å²) in [6.45, 7) is 0.541. The van der Waals surface area contributed by atoms with E-state index in [1.807, 2.05) is 30.3 Å². The lowest BCUT2D eigenvalue weighted by molar-refractivity contribution is -0.139. The van der Waals surface area contributed by atoms with Crippen molar-refractivity contribution in [3.05, 3.63) is 59.7 Å². The monoisotopic (exact) mass is 369 g/mol. The third kappa shape index (κ3) is 5.23. The molecule has 2 aromatic rings. The number of amides is 1. The predicted octanol–water partition coefficient (Wildman–Crippen LogP) is 2.91. The number of carbonyl (C=O) groups excluding carboxylic acids is 1. The summed E-state index contributed by atoms with van der Waals surface area (Å²) in [6, 6.07) is 13.1. The zero-order chi connectivity index (χ0) is 19.2. The third-order valence-electron chi connectivity index (χ3n) is 4.49. The molecule has 27 heavy (non-hydrogen) atoms. The van der Waals surface area contributed by atoms with Crippen LogP contribution in [0.1, 0.15) is 28.8 Å². The second kappa shape index (κ2) is 8.58. The first kappa shape index (κ1) is 18.8. The lowest BCUT2D eigenvalue weighted by Gasteiger charge is -2.17. The molecule has 3 rings (SSSR count). The first-order chi connectivity index (χ1) is 13.1. The van der Waals surface area contributed by atoms with Gasteiger partial charge in [0, 0.05) is 12.5 Å². The smallest absolute Gasteiger partial charge is 0.326 e. The minimum atomic E-state index is -1.08. The van der Waals surface area contributed by atoms with Crippen molar-refractivity contribution >= 4 is 11.9 Å². The number of nitrogens with one attached hydrogen (secondary N) is 1. The van der Waals surface area contributed by atoms with Crippen molar-refractivity contribution in [3.8, 4) is 11.5 Å². The number of aliphatic carboxylic acids is 1. The summed E-state index contributed by atoms with van der Waals surface area (Å²) < 4.78 is 11.0. The van der Waals surface area contributed by atoms with Crippen LogP contribution in [0.3, 0.4) is 0 Å². The van der Waals surface area contributed by atoms with Gasteiger partial charge >= 0.3 is 5.97 Å². The van der Waals surface area contributed by atoms with E-state index < -0.39 is 17.9 Å². The quantitative estimate of drug-likeness (QED) is 0.710. The Hall–Kier alpha value is -3.02. The van der Waals surface area contributed by atoms with Gasteiger partial charge in [-0.15, -0.1) is 0 Å². The maximum Gasteiger partial charge on any atom is 0.326 e. The number of rotatable bonds is 9. The van der Waals surface area contributed by atoms with E-state index in [2.05, 4.69) is 5.32 Å². The summed E-state index contributed by atoms with van der Waals surface area (Å²) in [5, 5.41) is 12.1. The lowest BCUT2D eigenvalue weighted by atomic mass is 10.1. The van der Waals surface area contributed by atoms with Crippen LogP contribution >= 0.6 is 0 Å². The molecule has 1 saturated carbocycles. The Balaban J connectivity index is 1.75. The molecule has 1 aliphatic carbocycles. The standard InChI is InChI=1S/C21H23NO5/c1-26-16-9-10-17(19(12-16)27-13-15-7-8-15)20(23)22-18(21(24)25)11-14-5-3-2-4-6-14/h2-6,9-10,12,15,18H,7-8,11,13H2,1H3,(H,22,23)(H,24,25). The number of methoxy groups -OCH3 is 1. The minimum Gasteiger partial charge on any atom is -0.497 e. The SMILES string of the molecule is COc1ccc(C(=O)NC(Cc2ccccc2)C(=O)O)c(OCC2CC2)c1. The Morgan fingerprint density at radius 1 is 1.19 bits per heavy atom. The number of ether oxygens (including phenoxy) is 2. The zero-order valence-corrected chi connectivity index (χ0v) is 15.2. The molecule has 0 saturated heterocycles. The average molecular weight is 369 g/mol. The summed E-state index contributed by atoms with van der Waals surface area (Å²) in [7, 11) is 1.54. The molecule has 142 valence electrons. The molecule has 6 heteroatoms. The van der Waals surface area contributed by atoms with Gasteiger partial charge in [0.05, 0.1) is 19.3 Å². The molecule has 1 fully saturated rings. The Labute approximate surface area is 158 Å². The van der Waals surface area contributed by atoms with E-state index in [0.717, 1.165) is 18.4 Å². The van der Waals surface area contributed by atoms with Crippen LogP contribution in [0.5, 0.6) is 11.5 Å². The molecule has 0 heterocycles. The topological polar surface area (TPSA) is 84.9 Å². The second-order valence-corrected chi connectivity index (χ2v) is 6.67. The van der Waals surface area contributed by atoms with Crippen molar-refractivity contribution in [1.29, 1.82) is 0 Å². The molecule has 6 nitrogen and oxygen atoms in total. The van der Waals surface area contributed by atoms with Gasteiger partial charge in [0.25, 0.3) is 5.91 Å². The predicted molar refractivity (Wildman–Crippen MR) is 100 cm³/mol. The van der Waals surface area contributed by atoms with Gasteiger partial charge < -0.3 is 19.9 Å². The van der Waals surface area contributed by atoms with Crippen molar-refractivity contribution in [2.75, 3.05) is 13.7 Å². The van der Waals surface area contributed by atoms with Crippen LogP contribution in [-0.2, 0) is 11.2 Å². The normalized spacial score (nSPS) is 14.3. The average Bonchev–Trinajstić information content (AvgIpc) is 3.50. The molecular formula is C21H23NO5. The lowest BCUT2D eigenvalue weighted by Crippen LogP contribution is -2.42. The fourth-order valence-corrected chi connectivity index (χ4v) is 2.71. The number of carboxylic acids is 1. The molecule has 1 aliphatic rings. The van der Waals surface area contributed by atoms with Crippen LogP contribution in [-0.4, -0.2) is 36.7 Å². The summed E-state index contributed by atoms with van der Waals surface area (Å²) in [5.74, 6) is -0.0519. The van der Waals surface area contributed by atoms with E-state index in [1.54, 1.807) is 25.3 Å². The summed E-state index contributed by atoms with van der Waals surface area (Å²) in [6.07, 6.45) is 2.46. The van der Waals surface area contributed by atoms with Crippen LogP contribution in [0.25, 0.3) is 0 Å². The summed E-state index contributed by atoms with van der Waals surface area (Å²) >= 11 is 0. The van der Waals surface area contributed by atoms with Crippen molar-refractivity contribution in [2.45, 2.75) is 25.3 Å². The van der Waals surface area contributed by atoms with E-state index in [0.29, 0.717) is 29.6 Å². The Morgan fingerprint density at radius 3 is 2.56 bits per heavy atom. The number of carboxylic acid groups (broad SMARTS) is 1. The van der Waals surface area contributed by atoms with Gasteiger partial charge in [-0.25, -0.2) is 4.79 Å². The fraction of sp³-hybridized carbons (Fsp3) is 0.333. The van der Waals surface area contributed by atoms with E-state index in [-0.39, 0.29) is 6.42 Å². The Bertz CT molecular complexity index is 801. The van der Waals surface area contributed by atoms with Crippen molar-refractivity contribution < 1.29 is 24.2 Å². The van der Waals surface area contributed by atoms with Gasteiger partial charge in [-0.3, -0.25) is 4.79 Å². The molecule has 1 unspecified atom stereocenters. The maximum atomic E-state index is 12.7. The van der Waals surface area contributed by atoms with Crippen molar-refractivity contribution in [2.24, 2.45) is 5.92 Å². The van der Waals surface area contributed by atoms with Gasteiger partial charge in [0.1, 0.15) is 17.5 Å². The molecule has 0 aromatic heterocycles. The van der Waals surface area contributed by atoms with Crippen molar-refractivity contribution in [1.82, 2.24) is 5.32 Å². The fourth-order valence-electron chi connectivity index (χ4n) is 2.71. The summed E-state index contributed by atoms with van der Waals surface area (Å²) in [4.78, 5) is 24.3. The van der Waals surface area contributed by atoms with Gasteiger partial charge in [-0.1, -0.05) is 30.3 Å². The number of carbonyl (C=O) groups is 2. The first-order valence-corrected chi connectivity index (χ1v) is 8.95. The highest BCUT2D eigenvalue weighted by Gasteiger charge is 2.25. The largest absolute Gasteiger partial charge is 0.497 e. The van der Waals surface area contributed by atoms with Crippen LogP contribution in [0.4, 0.5) is 0 Å². The Morgan fingerprint density at radius 2 is 1.93 bits per heavy atom. The molecule has 0 radical (unpaired) electrons. The molecule has 1 atom stereocenters. The molecular weight excluding hydrogens is 346 g/mol. The second-order valence-electron chi connectivity index (χ2n) is 6.67. The maximum absolute atomic E-state index is 12.7. The molecule has 2 aromatic carbocycles. The van der Waals surface area contributed by atoms with Crippen LogP contribution in [0.2, 0.25) is 0 Å². The highest BCUT2D eigenvalue weighted by molar-refractivity contribution is 5.99. The van der Waals surface area contributed by atoms with Crippen molar-refractivity contribution in [3.63, 3.8) is 0 Å². The number of benzene rings is 2. The third-order valence-corrected chi connectivity index (χ3v) is 4.49. The molecule has 0 aliphatic heterocycles. The van der Waals surface area contributed by atoms with Gasteiger partial charge in [0.15, 0.2) is 0 Å². The number of hydrogen-bond acceptors (Lipinski definition) is 4. The molecule has 0 bridgehead atoms. The first-order valence-electron chi connectivity index (χ1n) is 8.95. The highest BCUT2D eigenvalue weighted by atomic mass is 16.5. The summed E-state index contributed by atoms with van der Waals surface area (Å²) in [5.41, 5.74) is 1.14. The molecule has 0 spiro atoms. The van der Waals surface area contributed by atoms with Crippen LogP contribution in [0, 0.1) is 5.92 Å². The zero-order valence-electron chi connectivity index (χ0n) is 15.2. The van der Waals surface area contributed by atoms with E-state index >= 15 is 0 Å². The van der Waals surface area contributed by atoms with E-state index in [9.17, 15) is 14.7 Å². The van der Waals surface area contributed by atoms with Gasteiger partial charge in [-0.2, -0.15) is 0 Å². The molecule has 1 amide bonds. The van der Waals surface area contributed by atoms with Crippen LogP contribution < -0.4 is 14.8 Å². The minimum absolute atomic E-state index is 0.205.